The Morgan fingerprint density at radius 3 is 2.64 bits per heavy atom. The molecule has 2 aromatic rings. The van der Waals surface area contributed by atoms with Gasteiger partial charge in [-0.3, -0.25) is 9.59 Å². The molecule has 0 spiro atoms. The summed E-state index contributed by atoms with van der Waals surface area (Å²) >= 11 is 1.53. The topological polar surface area (TPSA) is 49.4 Å². The monoisotopic (exact) mass is 354 g/mol. The van der Waals surface area contributed by atoms with Crippen molar-refractivity contribution >= 4 is 35.0 Å². The highest BCUT2D eigenvalue weighted by atomic mass is 32.2. The second kappa shape index (κ2) is 7.74. The summed E-state index contributed by atoms with van der Waals surface area (Å²) in [6.07, 6.45) is 1.49. The Morgan fingerprint density at radius 1 is 1.20 bits per heavy atom. The number of hydrogen-bond acceptors (Lipinski definition) is 3. The predicted octanol–water partition coefficient (Wildman–Crippen LogP) is 4.24. The molecule has 2 aromatic carbocycles. The highest BCUT2D eigenvalue weighted by Crippen LogP contribution is 2.27. The summed E-state index contributed by atoms with van der Waals surface area (Å²) in [5, 5.41) is 2.75. The van der Waals surface area contributed by atoms with Gasteiger partial charge < -0.3 is 10.2 Å². The zero-order valence-electron chi connectivity index (χ0n) is 14.5. The number of thioether (sulfide) groups is 1. The van der Waals surface area contributed by atoms with Crippen molar-refractivity contribution in [2.45, 2.75) is 36.8 Å². The molecule has 1 aliphatic heterocycles. The molecular formula is C20H22N2O2S. The van der Waals surface area contributed by atoms with Crippen LogP contribution in [0.4, 0.5) is 11.4 Å². The average Bonchev–Trinajstić information content (AvgIpc) is 3.03. The lowest BCUT2D eigenvalue weighted by atomic mass is 10.2. The van der Waals surface area contributed by atoms with Crippen LogP contribution >= 0.6 is 11.8 Å². The Balaban J connectivity index is 1.64. The van der Waals surface area contributed by atoms with E-state index in [9.17, 15) is 9.59 Å². The molecule has 3 rings (SSSR count). The summed E-state index contributed by atoms with van der Waals surface area (Å²) in [7, 11) is 0. The fourth-order valence-corrected chi connectivity index (χ4v) is 3.66. The summed E-state index contributed by atoms with van der Waals surface area (Å²) in [5.41, 5.74) is 2.77. The van der Waals surface area contributed by atoms with E-state index >= 15 is 0 Å². The molecular weight excluding hydrogens is 332 g/mol. The van der Waals surface area contributed by atoms with Crippen molar-refractivity contribution in [3.63, 3.8) is 0 Å². The van der Waals surface area contributed by atoms with Gasteiger partial charge in [0, 0.05) is 29.2 Å². The Morgan fingerprint density at radius 2 is 1.96 bits per heavy atom. The Kier molecular flexibility index (Phi) is 5.43. The smallest absolute Gasteiger partial charge is 0.237 e. The van der Waals surface area contributed by atoms with E-state index in [0.29, 0.717) is 6.42 Å². The standard InChI is InChI=1S/C20H22N2O2S/c1-14-8-10-18(11-9-14)25-15(2)20(24)21-16-5-3-6-17(13-16)22-12-4-7-19(22)23/h3,5-6,8-11,13,15H,4,7,12H2,1-2H3,(H,21,24)/t15-/m0/s1. The lowest BCUT2D eigenvalue weighted by molar-refractivity contribution is -0.117. The molecule has 0 bridgehead atoms. The van der Waals surface area contributed by atoms with Crippen molar-refractivity contribution < 1.29 is 9.59 Å². The number of benzene rings is 2. The average molecular weight is 354 g/mol. The summed E-state index contributed by atoms with van der Waals surface area (Å²) < 4.78 is 0. The number of aryl methyl sites for hydroxylation is 1. The molecule has 0 unspecified atom stereocenters. The molecule has 0 radical (unpaired) electrons. The fraction of sp³-hybridized carbons (Fsp3) is 0.300. The first-order chi connectivity index (χ1) is 12.0. The molecule has 130 valence electrons. The van der Waals surface area contributed by atoms with Crippen LogP contribution in [0.15, 0.2) is 53.4 Å². The summed E-state index contributed by atoms with van der Waals surface area (Å²) in [4.78, 5) is 27.2. The van der Waals surface area contributed by atoms with E-state index in [1.165, 1.54) is 17.3 Å². The van der Waals surface area contributed by atoms with Crippen molar-refractivity contribution in [3.8, 4) is 0 Å². The minimum absolute atomic E-state index is 0.0459. The molecule has 0 aromatic heterocycles. The molecule has 25 heavy (non-hydrogen) atoms. The van der Waals surface area contributed by atoms with Crippen LogP contribution in [0.25, 0.3) is 0 Å². The lowest BCUT2D eigenvalue weighted by Gasteiger charge is -2.17. The van der Waals surface area contributed by atoms with Crippen LogP contribution in [-0.2, 0) is 9.59 Å². The Hall–Kier alpha value is -2.27. The van der Waals surface area contributed by atoms with Gasteiger partial charge in [-0.2, -0.15) is 0 Å². The maximum Gasteiger partial charge on any atom is 0.237 e. The van der Waals surface area contributed by atoms with Gasteiger partial charge in [-0.05, 0) is 50.6 Å². The largest absolute Gasteiger partial charge is 0.325 e. The predicted molar refractivity (Wildman–Crippen MR) is 103 cm³/mol. The van der Waals surface area contributed by atoms with Crippen molar-refractivity contribution in [2.24, 2.45) is 0 Å². The first kappa shape index (κ1) is 17.5. The van der Waals surface area contributed by atoms with Gasteiger partial charge in [0.2, 0.25) is 11.8 Å². The third-order valence-electron chi connectivity index (χ3n) is 4.20. The van der Waals surface area contributed by atoms with Crippen molar-refractivity contribution in [3.05, 3.63) is 54.1 Å². The number of hydrogen-bond donors (Lipinski definition) is 1. The number of nitrogens with zero attached hydrogens (tertiary/aromatic N) is 1. The third-order valence-corrected chi connectivity index (χ3v) is 5.31. The van der Waals surface area contributed by atoms with Crippen LogP contribution in [-0.4, -0.2) is 23.6 Å². The van der Waals surface area contributed by atoms with E-state index in [0.717, 1.165) is 29.2 Å². The van der Waals surface area contributed by atoms with Crippen LogP contribution in [0.5, 0.6) is 0 Å². The molecule has 2 amide bonds. The quantitative estimate of drug-likeness (QED) is 0.817. The van der Waals surface area contributed by atoms with E-state index in [4.69, 9.17) is 0 Å². The van der Waals surface area contributed by atoms with Crippen molar-refractivity contribution in [2.75, 3.05) is 16.8 Å². The first-order valence-electron chi connectivity index (χ1n) is 8.47. The van der Waals surface area contributed by atoms with Crippen molar-refractivity contribution in [1.29, 1.82) is 0 Å². The molecule has 1 aliphatic rings. The van der Waals surface area contributed by atoms with Gasteiger partial charge >= 0.3 is 0 Å². The number of nitrogens with one attached hydrogen (secondary N) is 1. The van der Waals surface area contributed by atoms with E-state index < -0.39 is 0 Å². The van der Waals surface area contributed by atoms with Gasteiger partial charge in [0.25, 0.3) is 0 Å². The Bertz CT molecular complexity index is 774. The minimum Gasteiger partial charge on any atom is -0.325 e. The van der Waals surface area contributed by atoms with E-state index in [2.05, 4.69) is 5.32 Å². The zero-order valence-corrected chi connectivity index (χ0v) is 15.3. The maximum atomic E-state index is 12.5. The lowest BCUT2D eigenvalue weighted by Crippen LogP contribution is -2.25. The second-order valence-electron chi connectivity index (χ2n) is 6.26. The number of carbonyl (C=O) groups excluding carboxylic acids is 2. The molecule has 5 heteroatoms. The molecule has 0 saturated carbocycles. The highest BCUT2D eigenvalue weighted by Gasteiger charge is 2.22. The van der Waals surface area contributed by atoms with Gasteiger partial charge in [0.1, 0.15) is 0 Å². The van der Waals surface area contributed by atoms with E-state index in [1.807, 2.05) is 62.4 Å². The maximum absolute atomic E-state index is 12.5. The van der Waals surface area contributed by atoms with Gasteiger partial charge in [-0.15, -0.1) is 11.8 Å². The number of carbonyl (C=O) groups is 2. The van der Waals surface area contributed by atoms with E-state index in [-0.39, 0.29) is 17.1 Å². The first-order valence-corrected chi connectivity index (χ1v) is 9.35. The highest BCUT2D eigenvalue weighted by molar-refractivity contribution is 8.00. The zero-order chi connectivity index (χ0) is 17.8. The van der Waals surface area contributed by atoms with Crippen LogP contribution in [0.1, 0.15) is 25.3 Å². The van der Waals surface area contributed by atoms with Crippen LogP contribution < -0.4 is 10.2 Å². The SMILES string of the molecule is Cc1ccc(S[C@@H](C)C(=O)Nc2cccc(N3CCCC3=O)c2)cc1. The number of amides is 2. The van der Waals surface area contributed by atoms with Gasteiger partial charge in [0.15, 0.2) is 0 Å². The molecule has 1 fully saturated rings. The van der Waals surface area contributed by atoms with E-state index in [1.54, 1.807) is 4.90 Å². The fourth-order valence-electron chi connectivity index (χ4n) is 2.79. The van der Waals surface area contributed by atoms with Crippen LogP contribution in [0, 0.1) is 6.92 Å². The molecule has 1 saturated heterocycles. The minimum atomic E-state index is -0.209. The summed E-state index contributed by atoms with van der Waals surface area (Å²) in [6, 6.07) is 15.6. The molecule has 4 nitrogen and oxygen atoms in total. The normalized spacial score (nSPS) is 15.3. The second-order valence-corrected chi connectivity index (χ2v) is 7.68. The number of rotatable bonds is 5. The van der Waals surface area contributed by atoms with Crippen LogP contribution in [0.3, 0.4) is 0 Å². The molecule has 0 aliphatic carbocycles. The van der Waals surface area contributed by atoms with Gasteiger partial charge in [0.05, 0.1) is 5.25 Å². The van der Waals surface area contributed by atoms with Gasteiger partial charge in [-0.25, -0.2) is 0 Å². The summed E-state index contributed by atoms with van der Waals surface area (Å²) in [6.45, 7) is 4.69. The van der Waals surface area contributed by atoms with Gasteiger partial charge in [-0.1, -0.05) is 23.8 Å². The summed E-state index contributed by atoms with van der Waals surface area (Å²) in [5.74, 6) is 0.0993. The van der Waals surface area contributed by atoms with Crippen molar-refractivity contribution in [1.82, 2.24) is 0 Å². The van der Waals surface area contributed by atoms with Crippen LogP contribution in [0.2, 0.25) is 0 Å². The molecule has 1 N–H and O–H groups in total. The Labute approximate surface area is 152 Å². The molecule has 1 heterocycles. The number of anilines is 2. The third kappa shape index (κ3) is 4.42. The molecule has 1 atom stereocenters.